The maximum absolute atomic E-state index is 13.0. The van der Waals surface area contributed by atoms with E-state index in [0.29, 0.717) is 6.54 Å². The predicted molar refractivity (Wildman–Crippen MR) is 82.4 cm³/mol. The molecule has 1 unspecified atom stereocenters. The fourth-order valence-corrected chi connectivity index (χ4v) is 2.35. The van der Waals surface area contributed by atoms with Crippen LogP contribution in [0.3, 0.4) is 0 Å². The van der Waals surface area contributed by atoms with Gasteiger partial charge in [-0.2, -0.15) is 0 Å². The number of rotatable bonds is 5. The number of benzene rings is 2. The first-order chi connectivity index (χ1) is 9.65. The van der Waals surface area contributed by atoms with E-state index >= 15 is 0 Å². The molecule has 0 aliphatic rings. The van der Waals surface area contributed by atoms with Gasteiger partial charge in [0, 0.05) is 19.3 Å². The summed E-state index contributed by atoms with van der Waals surface area (Å²) in [7, 11) is 2.02. The van der Waals surface area contributed by atoms with E-state index in [-0.39, 0.29) is 11.9 Å². The lowest BCUT2D eigenvalue weighted by Gasteiger charge is -2.29. The Morgan fingerprint density at radius 1 is 1.05 bits per heavy atom. The topological polar surface area (TPSA) is 29.3 Å². The van der Waals surface area contributed by atoms with Gasteiger partial charge in [-0.25, -0.2) is 4.39 Å². The molecule has 0 heterocycles. The van der Waals surface area contributed by atoms with Gasteiger partial charge in [-0.15, -0.1) is 0 Å². The van der Waals surface area contributed by atoms with Crippen LogP contribution in [-0.4, -0.2) is 13.6 Å². The highest BCUT2D eigenvalue weighted by Crippen LogP contribution is 2.25. The van der Waals surface area contributed by atoms with E-state index in [1.54, 1.807) is 12.1 Å². The van der Waals surface area contributed by atoms with Crippen molar-refractivity contribution in [1.82, 2.24) is 0 Å². The highest BCUT2D eigenvalue weighted by molar-refractivity contribution is 5.49. The molecule has 0 spiro atoms. The third kappa shape index (κ3) is 3.17. The van der Waals surface area contributed by atoms with Crippen molar-refractivity contribution < 1.29 is 4.39 Å². The Morgan fingerprint density at radius 2 is 1.65 bits per heavy atom. The Bertz CT molecular complexity index is 534. The van der Waals surface area contributed by atoms with Gasteiger partial charge < -0.3 is 10.6 Å². The van der Waals surface area contributed by atoms with Crippen molar-refractivity contribution in [2.45, 2.75) is 19.4 Å². The third-order valence-electron chi connectivity index (χ3n) is 3.70. The quantitative estimate of drug-likeness (QED) is 0.902. The van der Waals surface area contributed by atoms with Crippen LogP contribution in [0.1, 0.15) is 24.1 Å². The minimum atomic E-state index is -0.223. The van der Waals surface area contributed by atoms with Crippen LogP contribution in [0.25, 0.3) is 0 Å². The summed E-state index contributed by atoms with van der Waals surface area (Å²) in [5.41, 5.74) is 9.35. The van der Waals surface area contributed by atoms with Gasteiger partial charge in [0.25, 0.3) is 0 Å². The van der Waals surface area contributed by atoms with Gasteiger partial charge in [0.05, 0.1) is 6.04 Å². The number of likely N-dealkylation sites (N-methyl/N-ethyl adjacent to an activating group) is 1. The summed E-state index contributed by atoms with van der Waals surface area (Å²) in [4.78, 5) is 2.13. The van der Waals surface area contributed by atoms with Crippen molar-refractivity contribution >= 4 is 5.69 Å². The smallest absolute Gasteiger partial charge is 0.123 e. The second-order valence-electron chi connectivity index (χ2n) is 4.93. The summed E-state index contributed by atoms with van der Waals surface area (Å²) in [6, 6.07) is 15.1. The average Bonchev–Trinajstić information content (AvgIpc) is 2.50. The molecule has 2 N–H and O–H groups in total. The fourth-order valence-electron chi connectivity index (χ4n) is 2.35. The molecule has 0 saturated carbocycles. The van der Waals surface area contributed by atoms with Gasteiger partial charge in [-0.1, -0.05) is 31.2 Å². The number of nitrogens with zero attached hydrogens (tertiary/aromatic N) is 1. The third-order valence-corrected chi connectivity index (χ3v) is 3.70. The Labute approximate surface area is 120 Å². The van der Waals surface area contributed by atoms with Crippen LogP contribution in [0.2, 0.25) is 0 Å². The lowest BCUT2D eigenvalue weighted by molar-refractivity contribution is 0.622. The number of hydrogen-bond donors (Lipinski definition) is 1. The van der Waals surface area contributed by atoms with Crippen LogP contribution in [-0.2, 0) is 6.42 Å². The molecule has 106 valence electrons. The van der Waals surface area contributed by atoms with Crippen molar-refractivity contribution in [2.75, 3.05) is 18.5 Å². The van der Waals surface area contributed by atoms with Gasteiger partial charge in [0.15, 0.2) is 0 Å². The first-order valence-corrected chi connectivity index (χ1v) is 6.93. The van der Waals surface area contributed by atoms with Gasteiger partial charge in [-0.05, 0) is 41.8 Å². The predicted octanol–water partition coefficient (Wildman–Crippen LogP) is 3.52. The summed E-state index contributed by atoms with van der Waals surface area (Å²) < 4.78 is 13.0. The first-order valence-electron chi connectivity index (χ1n) is 6.93. The maximum atomic E-state index is 13.0. The van der Waals surface area contributed by atoms with E-state index < -0.39 is 0 Å². The van der Waals surface area contributed by atoms with Crippen LogP contribution in [0, 0.1) is 5.82 Å². The number of aryl methyl sites for hydroxylation is 1. The van der Waals surface area contributed by atoms with Crippen molar-refractivity contribution in [1.29, 1.82) is 0 Å². The lowest BCUT2D eigenvalue weighted by atomic mass is 10.0. The molecule has 3 heteroatoms. The second-order valence-corrected chi connectivity index (χ2v) is 4.93. The first kappa shape index (κ1) is 14.5. The summed E-state index contributed by atoms with van der Waals surface area (Å²) >= 11 is 0. The van der Waals surface area contributed by atoms with Gasteiger partial charge >= 0.3 is 0 Å². The average molecular weight is 272 g/mol. The largest absolute Gasteiger partial charge is 0.366 e. The van der Waals surface area contributed by atoms with E-state index in [4.69, 9.17) is 5.73 Å². The molecule has 2 aromatic carbocycles. The number of hydrogen-bond acceptors (Lipinski definition) is 2. The van der Waals surface area contributed by atoms with Gasteiger partial charge in [0.2, 0.25) is 0 Å². The van der Waals surface area contributed by atoms with E-state index in [1.165, 1.54) is 17.7 Å². The SMILES string of the molecule is CCc1ccc(N(C)C(CN)c2ccc(F)cc2)cc1. The number of nitrogens with two attached hydrogens (primary N) is 1. The highest BCUT2D eigenvalue weighted by atomic mass is 19.1. The molecule has 0 aliphatic heterocycles. The minimum Gasteiger partial charge on any atom is -0.366 e. The zero-order chi connectivity index (χ0) is 14.5. The van der Waals surface area contributed by atoms with E-state index in [0.717, 1.165) is 17.7 Å². The Morgan fingerprint density at radius 3 is 2.15 bits per heavy atom. The molecule has 2 rings (SSSR count). The standard InChI is InChI=1S/C17H21FN2/c1-3-13-4-10-16(11-5-13)20(2)17(12-19)14-6-8-15(18)9-7-14/h4-11,17H,3,12,19H2,1-2H3. The molecule has 0 bridgehead atoms. The summed E-state index contributed by atoms with van der Waals surface area (Å²) in [6.45, 7) is 2.62. The Balaban J connectivity index is 2.23. The molecule has 1 atom stereocenters. The fraction of sp³-hybridized carbons (Fsp3) is 0.294. The molecular formula is C17H21FN2. The van der Waals surface area contributed by atoms with Crippen molar-refractivity contribution in [2.24, 2.45) is 5.73 Å². The lowest BCUT2D eigenvalue weighted by Crippen LogP contribution is -2.30. The normalized spacial score (nSPS) is 12.2. The Kier molecular flexibility index (Phi) is 4.74. The minimum absolute atomic E-state index is 0.0445. The van der Waals surface area contributed by atoms with Crippen LogP contribution >= 0.6 is 0 Å². The molecule has 2 aromatic rings. The molecule has 0 aromatic heterocycles. The zero-order valence-electron chi connectivity index (χ0n) is 12.0. The maximum Gasteiger partial charge on any atom is 0.123 e. The number of anilines is 1. The van der Waals surface area contributed by atoms with E-state index in [2.05, 4.69) is 36.1 Å². The van der Waals surface area contributed by atoms with Crippen LogP contribution in [0.4, 0.5) is 10.1 Å². The molecule has 0 amide bonds. The van der Waals surface area contributed by atoms with Crippen molar-refractivity contribution in [3.63, 3.8) is 0 Å². The molecule has 0 radical (unpaired) electrons. The van der Waals surface area contributed by atoms with E-state index in [9.17, 15) is 4.39 Å². The second kappa shape index (κ2) is 6.53. The van der Waals surface area contributed by atoms with Crippen LogP contribution in [0.15, 0.2) is 48.5 Å². The summed E-state index contributed by atoms with van der Waals surface area (Å²) in [5, 5.41) is 0. The van der Waals surface area contributed by atoms with Crippen molar-refractivity contribution in [3.8, 4) is 0 Å². The van der Waals surface area contributed by atoms with Crippen LogP contribution < -0.4 is 10.6 Å². The summed E-state index contributed by atoms with van der Waals surface area (Å²) in [5.74, 6) is -0.223. The number of halogens is 1. The van der Waals surface area contributed by atoms with Gasteiger partial charge in [-0.3, -0.25) is 0 Å². The molecule has 0 aliphatic carbocycles. The molecule has 2 nitrogen and oxygen atoms in total. The summed E-state index contributed by atoms with van der Waals surface area (Å²) in [6.07, 6.45) is 1.03. The molecule has 0 fully saturated rings. The monoisotopic (exact) mass is 272 g/mol. The van der Waals surface area contributed by atoms with E-state index in [1.807, 2.05) is 7.05 Å². The highest BCUT2D eigenvalue weighted by Gasteiger charge is 2.15. The zero-order valence-corrected chi connectivity index (χ0v) is 12.0. The van der Waals surface area contributed by atoms with Crippen LogP contribution in [0.5, 0.6) is 0 Å². The molecule has 0 saturated heterocycles. The molecule has 20 heavy (non-hydrogen) atoms. The van der Waals surface area contributed by atoms with Crippen molar-refractivity contribution in [3.05, 3.63) is 65.5 Å². The Hall–Kier alpha value is -1.87. The molecular weight excluding hydrogens is 251 g/mol. The van der Waals surface area contributed by atoms with Gasteiger partial charge in [0.1, 0.15) is 5.82 Å².